The second-order valence-corrected chi connectivity index (χ2v) is 6.98. The Morgan fingerprint density at radius 3 is 1.85 bits per heavy atom. The van der Waals surface area contributed by atoms with Gasteiger partial charge >= 0.3 is 22.1 Å². The molecule has 0 heterocycles. The van der Waals surface area contributed by atoms with Crippen molar-refractivity contribution in [2.24, 2.45) is 11.3 Å². The van der Waals surface area contributed by atoms with Crippen molar-refractivity contribution in [3.8, 4) is 0 Å². The largest absolute Gasteiger partial charge is 0.481 e. The lowest BCUT2D eigenvalue weighted by molar-refractivity contribution is -0.174. The fourth-order valence-corrected chi connectivity index (χ4v) is 2.70. The number of hydrogen-bond acceptors (Lipinski definition) is 5. The Hall–Kier alpha value is -1.41. The Balaban J connectivity index is 6.24. The smallest absolute Gasteiger partial charge is 0.334 e. The highest BCUT2D eigenvalue weighted by atomic mass is 32.2. The zero-order valence-corrected chi connectivity index (χ0v) is 12.9. The van der Waals surface area contributed by atoms with Crippen molar-refractivity contribution in [1.82, 2.24) is 0 Å². The van der Waals surface area contributed by atoms with Gasteiger partial charge in [-0.05, 0) is 26.7 Å². The summed E-state index contributed by atoms with van der Waals surface area (Å²) in [5.41, 5.74) is -2.16. The molecule has 2 unspecified atom stereocenters. The van der Waals surface area contributed by atoms with Gasteiger partial charge in [0.25, 0.3) is 0 Å². The van der Waals surface area contributed by atoms with E-state index in [4.69, 9.17) is 4.74 Å². The van der Waals surface area contributed by atoms with Gasteiger partial charge in [0, 0.05) is 5.57 Å². The van der Waals surface area contributed by atoms with Crippen LogP contribution in [0.25, 0.3) is 0 Å². The molecule has 0 aliphatic rings. The Kier molecular flexibility index (Phi) is 5.14. The van der Waals surface area contributed by atoms with E-state index in [9.17, 15) is 27.7 Å². The number of carboxylic acids is 1. The molecule has 0 rings (SSSR count). The molecule has 8 heteroatoms. The van der Waals surface area contributed by atoms with Crippen LogP contribution in [0.4, 0.5) is 0 Å². The van der Waals surface area contributed by atoms with Crippen LogP contribution in [-0.4, -0.2) is 34.9 Å². The summed E-state index contributed by atoms with van der Waals surface area (Å²) in [5, 5.41) is 9.36. The van der Waals surface area contributed by atoms with Crippen molar-refractivity contribution in [3.05, 3.63) is 12.2 Å². The van der Waals surface area contributed by atoms with Crippen molar-refractivity contribution >= 4 is 22.1 Å². The van der Waals surface area contributed by atoms with E-state index in [1.54, 1.807) is 0 Å². The third-order valence-electron chi connectivity index (χ3n) is 3.67. The van der Waals surface area contributed by atoms with Gasteiger partial charge in [-0.25, -0.2) is 4.79 Å². The molecule has 0 aliphatic heterocycles. The quantitative estimate of drug-likeness (QED) is 0.433. The van der Waals surface area contributed by atoms with Crippen molar-refractivity contribution in [1.29, 1.82) is 0 Å². The average Bonchev–Trinajstić information content (AvgIpc) is 2.24. The van der Waals surface area contributed by atoms with Crippen LogP contribution in [0, 0.1) is 11.3 Å². The Morgan fingerprint density at radius 1 is 1.25 bits per heavy atom. The van der Waals surface area contributed by atoms with Crippen molar-refractivity contribution in [2.45, 2.75) is 39.6 Å². The van der Waals surface area contributed by atoms with Gasteiger partial charge in [0.15, 0.2) is 0 Å². The molecule has 0 aromatic rings. The highest BCUT2D eigenvalue weighted by Crippen LogP contribution is 2.45. The van der Waals surface area contributed by atoms with Crippen LogP contribution in [0.5, 0.6) is 0 Å². The fraction of sp³-hybridized carbons (Fsp3) is 0.667. The van der Waals surface area contributed by atoms with Gasteiger partial charge in [0.1, 0.15) is 5.41 Å². The SMILES string of the molecule is C=C(C)C(=O)OC(C)(C(C)(C(=O)O)C(C)C)S(=O)(=O)O. The molecule has 0 saturated carbocycles. The van der Waals surface area contributed by atoms with Crippen molar-refractivity contribution in [3.63, 3.8) is 0 Å². The van der Waals surface area contributed by atoms with E-state index in [-0.39, 0.29) is 5.57 Å². The zero-order valence-electron chi connectivity index (χ0n) is 12.1. The van der Waals surface area contributed by atoms with E-state index >= 15 is 0 Å². The summed E-state index contributed by atoms with van der Waals surface area (Å²) < 4.78 is 37.5. The molecule has 0 aromatic heterocycles. The minimum Gasteiger partial charge on any atom is -0.481 e. The molecule has 0 fully saturated rings. The molecule has 2 N–H and O–H groups in total. The Bertz CT molecular complexity index is 534. The van der Waals surface area contributed by atoms with Crippen LogP contribution in [0.3, 0.4) is 0 Å². The van der Waals surface area contributed by atoms with Crippen LogP contribution < -0.4 is 0 Å². The first-order valence-electron chi connectivity index (χ1n) is 5.81. The molecule has 0 radical (unpaired) electrons. The molecule has 0 saturated heterocycles. The van der Waals surface area contributed by atoms with Gasteiger partial charge < -0.3 is 9.84 Å². The van der Waals surface area contributed by atoms with Crippen LogP contribution in [0.2, 0.25) is 0 Å². The maximum absolute atomic E-state index is 11.7. The number of carbonyl (C=O) groups excluding carboxylic acids is 1. The summed E-state index contributed by atoms with van der Waals surface area (Å²) in [6, 6.07) is 0. The molecule has 20 heavy (non-hydrogen) atoms. The molecule has 0 aromatic carbocycles. The first kappa shape index (κ1) is 18.6. The monoisotopic (exact) mass is 308 g/mol. The van der Waals surface area contributed by atoms with Gasteiger partial charge in [-0.2, -0.15) is 8.42 Å². The predicted octanol–water partition coefficient (Wildman–Crippen LogP) is 1.46. The van der Waals surface area contributed by atoms with Crippen LogP contribution >= 0.6 is 0 Å². The molecular formula is C12H20O7S. The zero-order chi connectivity index (χ0) is 16.5. The van der Waals surface area contributed by atoms with Crippen molar-refractivity contribution < 1.29 is 32.4 Å². The third-order valence-corrected chi connectivity index (χ3v) is 5.16. The van der Waals surface area contributed by atoms with E-state index in [0.717, 1.165) is 13.8 Å². The summed E-state index contributed by atoms with van der Waals surface area (Å²) in [5.74, 6) is -3.36. The summed E-state index contributed by atoms with van der Waals surface area (Å²) in [4.78, 5) is 20.5. The summed E-state index contributed by atoms with van der Waals surface area (Å²) in [6.07, 6.45) is 0. The normalized spacial score (nSPS) is 17.9. The minimum atomic E-state index is -5.01. The highest BCUT2D eigenvalue weighted by molar-refractivity contribution is 7.87. The number of ether oxygens (including phenoxy) is 1. The summed E-state index contributed by atoms with van der Waals surface area (Å²) in [6.45, 7) is 9.43. The molecule has 7 nitrogen and oxygen atoms in total. The lowest BCUT2D eigenvalue weighted by atomic mass is 9.74. The highest BCUT2D eigenvalue weighted by Gasteiger charge is 2.63. The van der Waals surface area contributed by atoms with E-state index in [0.29, 0.717) is 0 Å². The number of carbonyl (C=O) groups is 2. The lowest BCUT2D eigenvalue weighted by Crippen LogP contribution is -2.59. The minimum absolute atomic E-state index is 0.114. The molecule has 0 spiro atoms. The van der Waals surface area contributed by atoms with Gasteiger partial charge in [0.05, 0.1) is 0 Å². The van der Waals surface area contributed by atoms with Crippen molar-refractivity contribution in [2.75, 3.05) is 0 Å². The molecule has 0 bridgehead atoms. The van der Waals surface area contributed by atoms with Gasteiger partial charge in [-0.1, -0.05) is 20.4 Å². The summed E-state index contributed by atoms with van der Waals surface area (Å²) >= 11 is 0. The number of hydrogen-bond donors (Lipinski definition) is 2. The predicted molar refractivity (Wildman–Crippen MR) is 71.4 cm³/mol. The summed E-state index contributed by atoms with van der Waals surface area (Å²) in [7, 11) is -5.01. The first-order valence-corrected chi connectivity index (χ1v) is 7.25. The van der Waals surface area contributed by atoms with Gasteiger partial charge in [-0.15, -0.1) is 0 Å². The maximum Gasteiger partial charge on any atom is 0.334 e. The van der Waals surface area contributed by atoms with Gasteiger partial charge in [-0.3, -0.25) is 9.35 Å². The Labute approximate surface area is 118 Å². The second kappa shape index (κ2) is 5.53. The van der Waals surface area contributed by atoms with Gasteiger partial charge in [0.2, 0.25) is 4.93 Å². The van der Waals surface area contributed by atoms with Crippen LogP contribution in [-0.2, 0) is 24.4 Å². The van der Waals surface area contributed by atoms with E-state index in [1.807, 2.05) is 0 Å². The van der Waals surface area contributed by atoms with E-state index in [1.165, 1.54) is 20.8 Å². The lowest BCUT2D eigenvalue weighted by Gasteiger charge is -2.42. The average molecular weight is 308 g/mol. The number of aliphatic carboxylic acids is 1. The first-order chi connectivity index (χ1) is 8.71. The topological polar surface area (TPSA) is 118 Å². The number of carboxylic acid groups (broad SMARTS) is 1. The Morgan fingerprint density at radius 2 is 1.65 bits per heavy atom. The molecule has 2 atom stereocenters. The fourth-order valence-electron chi connectivity index (χ4n) is 1.66. The number of esters is 1. The molecule has 0 aliphatic carbocycles. The molecular weight excluding hydrogens is 288 g/mol. The maximum atomic E-state index is 11.7. The van der Waals surface area contributed by atoms with Crippen LogP contribution in [0.15, 0.2) is 12.2 Å². The molecule has 0 amide bonds. The second-order valence-electron chi connectivity index (χ2n) is 5.25. The standard InChI is InChI=1S/C12H20O7S/c1-7(2)9(13)19-12(6,20(16,17)18)11(5,8(3)4)10(14)15/h8H,1H2,2-6H3,(H,14,15)(H,16,17,18). The third kappa shape index (κ3) is 2.85. The number of rotatable bonds is 6. The van der Waals surface area contributed by atoms with E-state index in [2.05, 4.69) is 6.58 Å². The molecule has 116 valence electrons. The van der Waals surface area contributed by atoms with Crippen LogP contribution in [0.1, 0.15) is 34.6 Å². The van der Waals surface area contributed by atoms with E-state index < -0.39 is 38.3 Å².